The zero-order valence-electron chi connectivity index (χ0n) is 13.0. The van der Waals surface area contributed by atoms with Crippen LogP contribution >= 0.6 is 0 Å². The normalized spacial score (nSPS) is 31.6. The molecule has 2 heterocycles. The van der Waals surface area contributed by atoms with Gasteiger partial charge in [-0.05, 0) is 59.2 Å². The fourth-order valence-electron chi connectivity index (χ4n) is 3.20. The molecule has 0 aromatic heterocycles. The average Bonchev–Trinajstić information content (AvgIpc) is 2.43. The minimum absolute atomic E-state index is 0.299. The molecule has 2 rings (SSSR count). The van der Waals surface area contributed by atoms with E-state index in [4.69, 9.17) is 0 Å². The molecule has 2 unspecified atom stereocenters. The van der Waals surface area contributed by atoms with Crippen LogP contribution in [-0.4, -0.2) is 68.7 Å². The molecular weight excluding hydrogens is 274 g/mol. The van der Waals surface area contributed by atoms with Crippen LogP contribution in [0.25, 0.3) is 0 Å². The number of piperazine rings is 1. The van der Waals surface area contributed by atoms with Crippen molar-refractivity contribution in [2.75, 3.05) is 39.0 Å². The van der Waals surface area contributed by atoms with E-state index < -0.39 is 10.0 Å². The van der Waals surface area contributed by atoms with Crippen molar-refractivity contribution in [3.63, 3.8) is 0 Å². The van der Waals surface area contributed by atoms with Crippen molar-refractivity contribution in [3.05, 3.63) is 0 Å². The Morgan fingerprint density at radius 1 is 1.10 bits per heavy atom. The molecule has 2 aliphatic rings. The summed E-state index contributed by atoms with van der Waals surface area (Å²) in [5.41, 5.74) is 0. The Morgan fingerprint density at radius 2 is 1.65 bits per heavy atom. The van der Waals surface area contributed by atoms with E-state index in [9.17, 15) is 8.42 Å². The van der Waals surface area contributed by atoms with Crippen LogP contribution in [-0.2, 0) is 10.0 Å². The van der Waals surface area contributed by atoms with Gasteiger partial charge in [-0.1, -0.05) is 0 Å². The maximum absolute atomic E-state index is 12.5. The van der Waals surface area contributed by atoms with Crippen LogP contribution in [0.3, 0.4) is 0 Å². The predicted octanol–water partition coefficient (Wildman–Crippen LogP) is 0.730. The molecule has 2 saturated heterocycles. The molecule has 0 aromatic carbocycles. The molecule has 2 aliphatic heterocycles. The first kappa shape index (κ1) is 16.2. The first-order valence-corrected chi connectivity index (χ1v) is 9.41. The molecule has 0 spiro atoms. The summed E-state index contributed by atoms with van der Waals surface area (Å²) in [5, 5.41) is 3.33. The fourth-order valence-corrected chi connectivity index (χ4v) is 4.97. The van der Waals surface area contributed by atoms with Gasteiger partial charge in [-0.15, -0.1) is 0 Å². The number of sulfonamides is 1. The van der Waals surface area contributed by atoms with Gasteiger partial charge in [-0.25, -0.2) is 8.42 Å². The van der Waals surface area contributed by atoms with Crippen molar-refractivity contribution in [2.24, 2.45) is 5.92 Å². The zero-order chi connectivity index (χ0) is 14.8. The van der Waals surface area contributed by atoms with Gasteiger partial charge in [0.1, 0.15) is 0 Å². The minimum atomic E-state index is -3.09. The van der Waals surface area contributed by atoms with Gasteiger partial charge in [0, 0.05) is 25.2 Å². The smallest absolute Gasteiger partial charge is 0.214 e. The third kappa shape index (κ3) is 3.93. The van der Waals surface area contributed by atoms with E-state index in [0.717, 1.165) is 32.4 Å². The Balaban J connectivity index is 1.89. The second-order valence-corrected chi connectivity index (χ2v) is 8.57. The summed E-state index contributed by atoms with van der Waals surface area (Å²) >= 11 is 0. The Bertz CT molecular complexity index is 395. The number of nitrogens with zero attached hydrogens (tertiary/aromatic N) is 2. The van der Waals surface area contributed by atoms with E-state index in [1.165, 1.54) is 0 Å². The number of piperidine rings is 1. The largest absolute Gasteiger partial charge is 0.317 e. The van der Waals surface area contributed by atoms with E-state index >= 15 is 0 Å². The van der Waals surface area contributed by atoms with Crippen molar-refractivity contribution >= 4 is 10.0 Å². The van der Waals surface area contributed by atoms with Gasteiger partial charge >= 0.3 is 0 Å². The van der Waals surface area contributed by atoms with Crippen molar-refractivity contribution in [1.29, 1.82) is 0 Å². The third-order valence-electron chi connectivity index (χ3n) is 4.96. The van der Waals surface area contributed by atoms with Crippen LogP contribution in [0.5, 0.6) is 0 Å². The summed E-state index contributed by atoms with van der Waals surface area (Å²) < 4.78 is 26.7. The molecule has 0 radical (unpaired) electrons. The molecule has 0 saturated carbocycles. The van der Waals surface area contributed by atoms with Crippen LogP contribution in [0.2, 0.25) is 0 Å². The minimum Gasteiger partial charge on any atom is -0.317 e. The number of rotatable bonds is 4. The predicted molar refractivity (Wildman–Crippen MR) is 82.3 cm³/mol. The molecular formula is C14H29N3O2S. The SMILES string of the molecule is CC1CN(S(=O)(=O)CCC2CCNCC2)CC(C)N1C. The standard InChI is InChI=1S/C14H29N3O2S/c1-12-10-17(11-13(2)16(12)3)20(18,19)9-6-14-4-7-15-8-5-14/h12-15H,4-11H2,1-3H3. The van der Waals surface area contributed by atoms with Crippen LogP contribution < -0.4 is 5.32 Å². The van der Waals surface area contributed by atoms with Gasteiger partial charge in [-0.2, -0.15) is 4.31 Å². The lowest BCUT2D eigenvalue weighted by Crippen LogP contribution is -2.56. The molecule has 6 heteroatoms. The average molecular weight is 303 g/mol. The molecule has 20 heavy (non-hydrogen) atoms. The highest BCUT2D eigenvalue weighted by atomic mass is 32.2. The monoisotopic (exact) mass is 303 g/mol. The van der Waals surface area contributed by atoms with Crippen molar-refractivity contribution < 1.29 is 8.42 Å². The topological polar surface area (TPSA) is 52.7 Å². The Kier molecular flexibility index (Phi) is 5.45. The van der Waals surface area contributed by atoms with E-state index in [1.807, 2.05) is 0 Å². The second kappa shape index (κ2) is 6.73. The van der Waals surface area contributed by atoms with Gasteiger partial charge in [0.25, 0.3) is 0 Å². The van der Waals surface area contributed by atoms with Gasteiger partial charge in [0.15, 0.2) is 0 Å². The number of hydrogen-bond donors (Lipinski definition) is 1. The van der Waals surface area contributed by atoms with Gasteiger partial charge in [-0.3, -0.25) is 4.90 Å². The molecule has 0 bridgehead atoms. The summed E-state index contributed by atoms with van der Waals surface area (Å²) in [4.78, 5) is 2.26. The zero-order valence-corrected chi connectivity index (χ0v) is 13.8. The maximum atomic E-state index is 12.5. The van der Waals surface area contributed by atoms with Crippen LogP contribution in [0.4, 0.5) is 0 Å². The second-order valence-electron chi connectivity index (χ2n) is 6.48. The maximum Gasteiger partial charge on any atom is 0.214 e. The van der Waals surface area contributed by atoms with Gasteiger partial charge in [0.05, 0.1) is 5.75 Å². The third-order valence-corrected chi connectivity index (χ3v) is 6.80. The summed E-state index contributed by atoms with van der Waals surface area (Å²) in [6.07, 6.45) is 3.05. The Morgan fingerprint density at radius 3 is 2.20 bits per heavy atom. The quantitative estimate of drug-likeness (QED) is 0.832. The summed E-state index contributed by atoms with van der Waals surface area (Å²) in [7, 11) is -1.01. The summed E-state index contributed by atoms with van der Waals surface area (Å²) in [6.45, 7) is 7.54. The highest BCUT2D eigenvalue weighted by molar-refractivity contribution is 7.89. The molecule has 0 aromatic rings. The molecule has 118 valence electrons. The highest BCUT2D eigenvalue weighted by Gasteiger charge is 2.33. The molecule has 1 N–H and O–H groups in total. The van der Waals surface area contributed by atoms with Crippen molar-refractivity contribution in [3.8, 4) is 0 Å². The van der Waals surface area contributed by atoms with Crippen molar-refractivity contribution in [2.45, 2.75) is 45.2 Å². The molecule has 0 amide bonds. The summed E-state index contributed by atoms with van der Waals surface area (Å²) in [6, 6.07) is 0.597. The van der Waals surface area contributed by atoms with Crippen molar-refractivity contribution in [1.82, 2.24) is 14.5 Å². The number of hydrogen-bond acceptors (Lipinski definition) is 4. The molecule has 0 aliphatic carbocycles. The Labute approximate surface area is 123 Å². The lowest BCUT2D eigenvalue weighted by atomic mass is 9.96. The lowest BCUT2D eigenvalue weighted by molar-refractivity contribution is 0.105. The first-order valence-electron chi connectivity index (χ1n) is 7.80. The van der Waals surface area contributed by atoms with Crippen LogP contribution in [0.15, 0.2) is 0 Å². The van der Waals surface area contributed by atoms with E-state index in [2.05, 4.69) is 31.1 Å². The molecule has 5 nitrogen and oxygen atoms in total. The van der Waals surface area contributed by atoms with E-state index in [0.29, 0.717) is 36.8 Å². The number of likely N-dealkylation sites (N-methyl/N-ethyl adjacent to an activating group) is 1. The highest BCUT2D eigenvalue weighted by Crippen LogP contribution is 2.21. The number of nitrogens with one attached hydrogen (secondary N) is 1. The van der Waals surface area contributed by atoms with Gasteiger partial charge < -0.3 is 5.32 Å². The van der Waals surface area contributed by atoms with Crippen LogP contribution in [0.1, 0.15) is 33.1 Å². The Hall–Kier alpha value is -0.170. The molecule has 2 fully saturated rings. The van der Waals surface area contributed by atoms with Gasteiger partial charge in [0.2, 0.25) is 10.0 Å². The van der Waals surface area contributed by atoms with E-state index in [-0.39, 0.29) is 0 Å². The molecule has 2 atom stereocenters. The fraction of sp³-hybridized carbons (Fsp3) is 1.00. The first-order chi connectivity index (χ1) is 9.40. The summed E-state index contributed by atoms with van der Waals surface area (Å²) in [5.74, 6) is 0.897. The van der Waals surface area contributed by atoms with E-state index in [1.54, 1.807) is 4.31 Å². The lowest BCUT2D eigenvalue weighted by Gasteiger charge is -2.41. The van der Waals surface area contributed by atoms with Crippen LogP contribution in [0, 0.1) is 5.92 Å².